The van der Waals surface area contributed by atoms with E-state index in [2.05, 4.69) is 5.32 Å². The van der Waals surface area contributed by atoms with Crippen LogP contribution in [0.15, 0.2) is 54.6 Å². The standard InChI is InChI=1S/C14H13N2O2/c1-11(15-13-5-3-2-4-6-13)12-7-9-14(10-8-12)16(17)18/h2-10,15H,1H3. The van der Waals surface area contributed by atoms with Crippen molar-refractivity contribution in [2.45, 2.75) is 6.92 Å². The monoisotopic (exact) mass is 241 g/mol. The second kappa shape index (κ2) is 5.31. The molecule has 0 aromatic heterocycles. The van der Waals surface area contributed by atoms with Crippen molar-refractivity contribution in [3.8, 4) is 0 Å². The van der Waals surface area contributed by atoms with Crippen LogP contribution in [-0.4, -0.2) is 4.92 Å². The highest BCUT2D eigenvalue weighted by atomic mass is 16.6. The molecule has 0 unspecified atom stereocenters. The van der Waals surface area contributed by atoms with Crippen molar-refractivity contribution in [1.82, 2.24) is 0 Å². The maximum Gasteiger partial charge on any atom is 0.269 e. The van der Waals surface area contributed by atoms with Gasteiger partial charge in [0.25, 0.3) is 5.69 Å². The third-order valence-electron chi connectivity index (χ3n) is 2.62. The maximum atomic E-state index is 10.6. The Bertz CT molecular complexity index is 523. The van der Waals surface area contributed by atoms with Crippen molar-refractivity contribution in [3.05, 3.63) is 76.3 Å². The van der Waals surface area contributed by atoms with E-state index in [1.165, 1.54) is 12.1 Å². The average molecular weight is 241 g/mol. The largest absolute Gasteiger partial charge is 0.373 e. The van der Waals surface area contributed by atoms with E-state index in [-0.39, 0.29) is 5.69 Å². The molecule has 91 valence electrons. The molecule has 2 rings (SSSR count). The number of nitrogens with zero attached hydrogens (tertiary/aromatic N) is 1. The number of benzene rings is 2. The Hall–Kier alpha value is -2.36. The molecular weight excluding hydrogens is 228 g/mol. The molecule has 0 spiro atoms. The van der Waals surface area contributed by atoms with Gasteiger partial charge in [0.1, 0.15) is 0 Å². The van der Waals surface area contributed by atoms with E-state index in [1.807, 2.05) is 37.3 Å². The van der Waals surface area contributed by atoms with Crippen LogP contribution in [-0.2, 0) is 0 Å². The number of nitro groups is 1. The molecule has 18 heavy (non-hydrogen) atoms. The van der Waals surface area contributed by atoms with Crippen LogP contribution < -0.4 is 5.32 Å². The van der Waals surface area contributed by atoms with E-state index in [1.54, 1.807) is 12.1 Å². The molecule has 2 aromatic rings. The first-order valence-corrected chi connectivity index (χ1v) is 5.57. The maximum absolute atomic E-state index is 10.6. The number of hydrogen-bond acceptors (Lipinski definition) is 3. The van der Waals surface area contributed by atoms with Crippen molar-refractivity contribution < 1.29 is 4.92 Å². The quantitative estimate of drug-likeness (QED) is 0.657. The van der Waals surface area contributed by atoms with Gasteiger partial charge < -0.3 is 5.32 Å². The van der Waals surface area contributed by atoms with Crippen molar-refractivity contribution in [1.29, 1.82) is 0 Å². The Morgan fingerprint density at radius 2 is 1.67 bits per heavy atom. The molecule has 0 fully saturated rings. The number of rotatable bonds is 4. The molecule has 0 amide bonds. The second-order valence-electron chi connectivity index (χ2n) is 3.92. The average Bonchev–Trinajstić information content (AvgIpc) is 2.40. The highest BCUT2D eigenvalue weighted by molar-refractivity contribution is 5.51. The SMILES string of the molecule is C[C](Nc1ccccc1)c1ccc([N+](=O)[O-])cc1. The fourth-order valence-corrected chi connectivity index (χ4v) is 1.64. The van der Waals surface area contributed by atoms with E-state index < -0.39 is 4.92 Å². The smallest absolute Gasteiger partial charge is 0.269 e. The lowest BCUT2D eigenvalue weighted by Gasteiger charge is -2.14. The lowest BCUT2D eigenvalue weighted by molar-refractivity contribution is -0.384. The molecule has 1 N–H and O–H groups in total. The number of non-ortho nitro benzene ring substituents is 1. The first-order chi connectivity index (χ1) is 8.66. The van der Waals surface area contributed by atoms with Crippen LogP contribution in [0.2, 0.25) is 0 Å². The molecule has 4 heteroatoms. The molecular formula is C14H13N2O2. The van der Waals surface area contributed by atoms with Crippen molar-refractivity contribution in [2.24, 2.45) is 0 Å². The zero-order valence-corrected chi connectivity index (χ0v) is 9.96. The van der Waals surface area contributed by atoms with Crippen LogP contribution in [0.4, 0.5) is 11.4 Å². The third-order valence-corrected chi connectivity index (χ3v) is 2.62. The number of para-hydroxylation sites is 1. The summed E-state index contributed by atoms with van der Waals surface area (Å²) in [7, 11) is 0. The van der Waals surface area contributed by atoms with Gasteiger partial charge in [-0.05, 0) is 36.8 Å². The van der Waals surface area contributed by atoms with E-state index in [4.69, 9.17) is 0 Å². The van der Waals surface area contributed by atoms with Gasteiger partial charge in [-0.25, -0.2) is 0 Å². The molecule has 0 saturated carbocycles. The Morgan fingerprint density at radius 3 is 2.22 bits per heavy atom. The van der Waals surface area contributed by atoms with E-state index >= 15 is 0 Å². The van der Waals surface area contributed by atoms with Crippen molar-refractivity contribution in [3.63, 3.8) is 0 Å². The van der Waals surface area contributed by atoms with Crippen LogP contribution in [0, 0.1) is 16.2 Å². The Labute approximate surface area is 105 Å². The zero-order chi connectivity index (χ0) is 13.0. The van der Waals surface area contributed by atoms with Crippen LogP contribution >= 0.6 is 0 Å². The van der Waals surface area contributed by atoms with Crippen molar-refractivity contribution >= 4 is 11.4 Å². The van der Waals surface area contributed by atoms with Crippen molar-refractivity contribution in [2.75, 3.05) is 5.32 Å². The van der Waals surface area contributed by atoms with E-state index in [0.29, 0.717) is 0 Å². The van der Waals surface area contributed by atoms with Gasteiger partial charge in [0.2, 0.25) is 0 Å². The summed E-state index contributed by atoms with van der Waals surface area (Å²) in [6.07, 6.45) is 0. The topological polar surface area (TPSA) is 55.2 Å². The van der Waals surface area contributed by atoms with Crippen LogP contribution in [0.25, 0.3) is 0 Å². The normalized spacial score (nSPS) is 10.3. The van der Waals surface area contributed by atoms with Gasteiger partial charge in [0, 0.05) is 17.8 Å². The first-order valence-electron chi connectivity index (χ1n) is 5.57. The number of anilines is 1. The molecule has 4 nitrogen and oxygen atoms in total. The molecule has 0 aliphatic carbocycles. The molecule has 1 radical (unpaired) electrons. The first kappa shape index (κ1) is 12.1. The summed E-state index contributed by atoms with van der Waals surface area (Å²) in [5, 5.41) is 13.8. The lowest BCUT2D eigenvalue weighted by Crippen LogP contribution is -2.07. The van der Waals surface area contributed by atoms with Gasteiger partial charge in [-0.3, -0.25) is 10.1 Å². The van der Waals surface area contributed by atoms with Crippen LogP contribution in [0.5, 0.6) is 0 Å². The minimum absolute atomic E-state index is 0.103. The van der Waals surface area contributed by atoms with E-state index in [9.17, 15) is 10.1 Å². The van der Waals surface area contributed by atoms with Crippen LogP contribution in [0.1, 0.15) is 12.5 Å². The van der Waals surface area contributed by atoms with Gasteiger partial charge in [-0.15, -0.1) is 0 Å². The van der Waals surface area contributed by atoms with E-state index in [0.717, 1.165) is 17.3 Å². The molecule has 2 aromatic carbocycles. The van der Waals surface area contributed by atoms with Gasteiger partial charge in [0.15, 0.2) is 0 Å². The Balaban J connectivity index is 2.09. The number of nitro benzene ring substituents is 1. The predicted molar refractivity (Wildman–Crippen MR) is 71.2 cm³/mol. The highest BCUT2D eigenvalue weighted by Crippen LogP contribution is 2.20. The third kappa shape index (κ3) is 2.85. The Kier molecular flexibility index (Phi) is 3.57. The lowest BCUT2D eigenvalue weighted by atomic mass is 10.1. The molecule has 0 saturated heterocycles. The summed E-state index contributed by atoms with van der Waals surface area (Å²) in [5.74, 6) is 0. The molecule has 0 atom stereocenters. The molecule has 0 aliphatic heterocycles. The predicted octanol–water partition coefficient (Wildman–Crippen LogP) is 3.61. The summed E-state index contributed by atoms with van der Waals surface area (Å²) in [5.41, 5.74) is 2.03. The number of nitrogens with one attached hydrogen (secondary N) is 1. The van der Waals surface area contributed by atoms with Gasteiger partial charge in [0.05, 0.1) is 11.0 Å². The zero-order valence-electron chi connectivity index (χ0n) is 9.96. The number of hydrogen-bond donors (Lipinski definition) is 1. The molecule has 0 bridgehead atoms. The summed E-state index contributed by atoms with van der Waals surface area (Å²) in [6.45, 7) is 1.94. The highest BCUT2D eigenvalue weighted by Gasteiger charge is 2.09. The van der Waals surface area contributed by atoms with Gasteiger partial charge in [-0.2, -0.15) is 0 Å². The van der Waals surface area contributed by atoms with Crippen LogP contribution in [0.3, 0.4) is 0 Å². The minimum atomic E-state index is -0.399. The Morgan fingerprint density at radius 1 is 1.06 bits per heavy atom. The second-order valence-corrected chi connectivity index (χ2v) is 3.92. The summed E-state index contributed by atoms with van der Waals surface area (Å²) in [6, 6.07) is 17.2. The fraction of sp³-hybridized carbons (Fsp3) is 0.0714. The van der Waals surface area contributed by atoms with Gasteiger partial charge in [-0.1, -0.05) is 18.2 Å². The van der Waals surface area contributed by atoms with Gasteiger partial charge >= 0.3 is 0 Å². The fourth-order valence-electron chi connectivity index (χ4n) is 1.64. The molecule has 0 heterocycles. The summed E-state index contributed by atoms with van der Waals surface area (Å²) < 4.78 is 0. The molecule has 0 aliphatic rings. The summed E-state index contributed by atoms with van der Waals surface area (Å²) in [4.78, 5) is 10.2. The minimum Gasteiger partial charge on any atom is -0.373 e. The summed E-state index contributed by atoms with van der Waals surface area (Å²) >= 11 is 0.